The van der Waals surface area contributed by atoms with E-state index in [-0.39, 0.29) is 5.41 Å². The normalized spacial score (nSPS) is 25.2. The molecule has 0 aromatic rings. The number of rotatable bonds is 5. The third-order valence-electron chi connectivity index (χ3n) is 5.26. The topological polar surface area (TPSA) is 41.1 Å². The van der Waals surface area contributed by atoms with Crippen molar-refractivity contribution < 1.29 is 4.79 Å². The highest BCUT2D eigenvalue weighted by atomic mass is 16.2. The van der Waals surface area contributed by atoms with Crippen LogP contribution in [0.1, 0.15) is 65.2 Å². The summed E-state index contributed by atoms with van der Waals surface area (Å²) < 4.78 is 0. The average Bonchev–Trinajstić information content (AvgIpc) is 2.85. The molecular formula is C16H30N2O. The predicted molar refractivity (Wildman–Crippen MR) is 79.0 cm³/mol. The van der Waals surface area contributed by atoms with Gasteiger partial charge in [0.15, 0.2) is 0 Å². The van der Waals surface area contributed by atoms with E-state index < -0.39 is 0 Å². The van der Waals surface area contributed by atoms with Crippen LogP contribution in [0, 0.1) is 10.8 Å². The van der Waals surface area contributed by atoms with Gasteiger partial charge in [0.05, 0.1) is 5.41 Å². The van der Waals surface area contributed by atoms with Gasteiger partial charge in [-0.3, -0.25) is 4.79 Å². The number of carbonyl (C=O) groups excluding carboxylic acids is 1. The Morgan fingerprint density at radius 2 is 1.79 bits per heavy atom. The van der Waals surface area contributed by atoms with Crippen LogP contribution < -0.4 is 10.6 Å². The number of nitrogens with one attached hydrogen (secondary N) is 2. The van der Waals surface area contributed by atoms with Gasteiger partial charge in [0.1, 0.15) is 0 Å². The molecule has 1 saturated carbocycles. The second-order valence-electron chi connectivity index (χ2n) is 6.98. The van der Waals surface area contributed by atoms with E-state index in [1.54, 1.807) is 0 Å². The highest BCUT2D eigenvalue weighted by Gasteiger charge is 2.39. The van der Waals surface area contributed by atoms with Gasteiger partial charge < -0.3 is 10.6 Å². The molecule has 19 heavy (non-hydrogen) atoms. The van der Waals surface area contributed by atoms with E-state index in [0.717, 1.165) is 45.3 Å². The molecule has 3 nitrogen and oxygen atoms in total. The van der Waals surface area contributed by atoms with E-state index in [2.05, 4.69) is 24.5 Å². The van der Waals surface area contributed by atoms with Crippen LogP contribution in [-0.4, -0.2) is 25.5 Å². The maximum Gasteiger partial charge on any atom is 0.226 e. The first-order valence-electron chi connectivity index (χ1n) is 8.09. The molecule has 0 aromatic carbocycles. The van der Waals surface area contributed by atoms with Crippen LogP contribution in [0.25, 0.3) is 0 Å². The molecule has 0 bridgehead atoms. The Labute approximate surface area is 117 Å². The number of carbonyl (C=O) groups is 1. The summed E-state index contributed by atoms with van der Waals surface area (Å²) in [6, 6.07) is 0. The van der Waals surface area contributed by atoms with Crippen molar-refractivity contribution in [3.63, 3.8) is 0 Å². The van der Waals surface area contributed by atoms with Gasteiger partial charge >= 0.3 is 0 Å². The Hall–Kier alpha value is -0.570. The first-order valence-corrected chi connectivity index (χ1v) is 8.09. The zero-order valence-electron chi connectivity index (χ0n) is 12.7. The smallest absolute Gasteiger partial charge is 0.226 e. The van der Waals surface area contributed by atoms with Crippen molar-refractivity contribution in [2.75, 3.05) is 19.6 Å². The van der Waals surface area contributed by atoms with Gasteiger partial charge in [0.25, 0.3) is 0 Å². The number of amides is 1. The Morgan fingerprint density at radius 3 is 2.37 bits per heavy atom. The largest absolute Gasteiger partial charge is 0.355 e. The van der Waals surface area contributed by atoms with Gasteiger partial charge in [-0.1, -0.05) is 33.1 Å². The van der Waals surface area contributed by atoms with Crippen molar-refractivity contribution in [1.29, 1.82) is 0 Å². The molecule has 0 unspecified atom stereocenters. The molecule has 1 aliphatic carbocycles. The Morgan fingerprint density at radius 1 is 1.16 bits per heavy atom. The summed E-state index contributed by atoms with van der Waals surface area (Å²) in [6.45, 7) is 7.38. The fourth-order valence-electron chi connectivity index (χ4n) is 3.86. The SMILES string of the molecule is CCCC1(C(=O)NCC2(C)CCCC2)CCNCC1. The lowest BCUT2D eigenvalue weighted by Crippen LogP contribution is -2.49. The molecule has 0 atom stereocenters. The summed E-state index contributed by atoms with van der Waals surface area (Å²) in [5.74, 6) is 0.323. The Bertz CT molecular complexity index is 296. The molecule has 2 fully saturated rings. The second-order valence-corrected chi connectivity index (χ2v) is 6.98. The Kier molecular flexibility index (Phi) is 4.88. The van der Waals surface area contributed by atoms with Gasteiger partial charge in [-0.25, -0.2) is 0 Å². The van der Waals surface area contributed by atoms with E-state index in [9.17, 15) is 4.79 Å². The molecule has 0 radical (unpaired) electrons. The lowest BCUT2D eigenvalue weighted by molar-refractivity contribution is -0.133. The van der Waals surface area contributed by atoms with Crippen LogP contribution in [-0.2, 0) is 4.79 Å². The fraction of sp³-hybridized carbons (Fsp3) is 0.938. The van der Waals surface area contributed by atoms with Crippen molar-refractivity contribution in [3.8, 4) is 0 Å². The molecule has 0 aromatic heterocycles. The van der Waals surface area contributed by atoms with Crippen molar-refractivity contribution in [1.82, 2.24) is 10.6 Å². The van der Waals surface area contributed by atoms with Gasteiger partial charge in [-0.05, 0) is 50.6 Å². The Balaban J connectivity index is 1.91. The lowest BCUT2D eigenvalue weighted by Gasteiger charge is -2.37. The number of piperidine rings is 1. The highest BCUT2D eigenvalue weighted by Crippen LogP contribution is 2.38. The third-order valence-corrected chi connectivity index (χ3v) is 5.26. The molecule has 1 heterocycles. The first kappa shape index (κ1) is 14.8. The molecule has 2 aliphatic rings. The highest BCUT2D eigenvalue weighted by molar-refractivity contribution is 5.82. The molecular weight excluding hydrogens is 236 g/mol. The average molecular weight is 266 g/mol. The summed E-state index contributed by atoms with van der Waals surface area (Å²) in [7, 11) is 0. The van der Waals surface area contributed by atoms with E-state index >= 15 is 0 Å². The summed E-state index contributed by atoms with van der Waals surface area (Å²) >= 11 is 0. The lowest BCUT2D eigenvalue weighted by atomic mass is 9.74. The van der Waals surface area contributed by atoms with Gasteiger partial charge in [-0.15, -0.1) is 0 Å². The standard InChI is InChI=1S/C16H30N2O/c1-3-6-16(9-11-17-12-10-16)14(19)18-13-15(2)7-4-5-8-15/h17H,3-13H2,1-2H3,(H,18,19). The molecule has 2 rings (SSSR count). The molecule has 2 N–H and O–H groups in total. The first-order chi connectivity index (χ1) is 9.10. The quantitative estimate of drug-likeness (QED) is 0.803. The van der Waals surface area contributed by atoms with Crippen LogP contribution in [0.2, 0.25) is 0 Å². The van der Waals surface area contributed by atoms with Crippen LogP contribution in [0.4, 0.5) is 0 Å². The van der Waals surface area contributed by atoms with E-state index in [0.29, 0.717) is 11.3 Å². The molecule has 0 spiro atoms. The number of hydrogen-bond acceptors (Lipinski definition) is 2. The van der Waals surface area contributed by atoms with Gasteiger partial charge in [0.2, 0.25) is 5.91 Å². The molecule has 3 heteroatoms. The summed E-state index contributed by atoms with van der Waals surface area (Å²) in [4.78, 5) is 12.7. The minimum atomic E-state index is -0.0883. The maximum absolute atomic E-state index is 12.7. The third kappa shape index (κ3) is 3.50. The van der Waals surface area contributed by atoms with E-state index in [1.807, 2.05) is 0 Å². The molecule has 1 saturated heterocycles. The van der Waals surface area contributed by atoms with Crippen molar-refractivity contribution in [2.45, 2.75) is 65.2 Å². The monoisotopic (exact) mass is 266 g/mol. The minimum absolute atomic E-state index is 0.0883. The van der Waals surface area contributed by atoms with Crippen LogP contribution >= 0.6 is 0 Å². The van der Waals surface area contributed by atoms with Crippen LogP contribution in [0.5, 0.6) is 0 Å². The van der Waals surface area contributed by atoms with E-state index in [4.69, 9.17) is 0 Å². The summed E-state index contributed by atoms with van der Waals surface area (Å²) in [5, 5.41) is 6.67. The van der Waals surface area contributed by atoms with Crippen molar-refractivity contribution in [3.05, 3.63) is 0 Å². The van der Waals surface area contributed by atoms with E-state index in [1.165, 1.54) is 25.7 Å². The summed E-state index contributed by atoms with van der Waals surface area (Å²) in [5.41, 5.74) is 0.269. The minimum Gasteiger partial charge on any atom is -0.355 e. The maximum atomic E-state index is 12.7. The van der Waals surface area contributed by atoms with Crippen LogP contribution in [0.3, 0.4) is 0 Å². The molecule has 110 valence electrons. The second kappa shape index (κ2) is 6.25. The summed E-state index contributed by atoms with van der Waals surface area (Å²) in [6.07, 6.45) is 9.35. The zero-order chi connectivity index (χ0) is 13.8. The zero-order valence-corrected chi connectivity index (χ0v) is 12.7. The predicted octanol–water partition coefficient (Wildman–Crippen LogP) is 2.85. The van der Waals surface area contributed by atoms with Gasteiger partial charge in [-0.2, -0.15) is 0 Å². The number of hydrogen-bond donors (Lipinski definition) is 2. The molecule has 1 aliphatic heterocycles. The fourth-order valence-corrected chi connectivity index (χ4v) is 3.86. The molecule has 1 amide bonds. The van der Waals surface area contributed by atoms with Crippen molar-refractivity contribution >= 4 is 5.91 Å². The van der Waals surface area contributed by atoms with Gasteiger partial charge in [0, 0.05) is 6.54 Å². The van der Waals surface area contributed by atoms with Crippen LogP contribution in [0.15, 0.2) is 0 Å². The van der Waals surface area contributed by atoms with Crippen molar-refractivity contribution in [2.24, 2.45) is 10.8 Å².